The molecule has 2 aromatic heterocycles. The zero-order valence-electron chi connectivity index (χ0n) is 13.4. The van der Waals surface area contributed by atoms with Crippen molar-refractivity contribution in [3.8, 4) is 5.75 Å². The van der Waals surface area contributed by atoms with Crippen LogP contribution in [-0.4, -0.2) is 26.8 Å². The largest absolute Gasteiger partial charge is 0.494 e. The number of aliphatic hydroxyl groups is 2. The molecule has 0 aliphatic heterocycles. The van der Waals surface area contributed by atoms with Gasteiger partial charge >= 0.3 is 0 Å². The SMILES string of the molecule is CCOc1ccccc1Cc1nc2sc(C(O)O)c(C)c2c(=O)[nH]1. The standard InChI is InChI=1S/C17H18N2O4S/c1-3-23-11-7-5-4-6-10(11)8-12-18-15(20)13-9(2)14(17(21)22)24-16(13)19-12/h4-7,17,21-22H,3,8H2,1-2H3,(H,18,19,20). The fourth-order valence-electron chi connectivity index (χ4n) is 2.66. The van der Waals surface area contributed by atoms with Gasteiger partial charge in [0.15, 0.2) is 6.29 Å². The van der Waals surface area contributed by atoms with Crippen LogP contribution in [0.5, 0.6) is 5.75 Å². The van der Waals surface area contributed by atoms with Gasteiger partial charge in [-0.3, -0.25) is 4.79 Å². The molecule has 3 N–H and O–H groups in total. The molecule has 0 spiro atoms. The summed E-state index contributed by atoms with van der Waals surface area (Å²) in [7, 11) is 0. The molecule has 0 radical (unpaired) electrons. The van der Waals surface area contributed by atoms with E-state index >= 15 is 0 Å². The van der Waals surface area contributed by atoms with Crippen LogP contribution in [0, 0.1) is 6.92 Å². The van der Waals surface area contributed by atoms with Gasteiger partial charge in [-0.15, -0.1) is 11.3 Å². The number of aryl methyl sites for hydroxylation is 1. The van der Waals surface area contributed by atoms with Crippen molar-refractivity contribution in [2.45, 2.75) is 26.6 Å². The maximum atomic E-state index is 12.4. The number of para-hydroxylation sites is 1. The molecule has 0 saturated heterocycles. The van der Waals surface area contributed by atoms with Crippen LogP contribution in [0.1, 0.15) is 35.0 Å². The Morgan fingerprint density at radius 3 is 2.79 bits per heavy atom. The Kier molecular flexibility index (Phi) is 4.66. The number of H-pyrrole nitrogens is 1. The van der Waals surface area contributed by atoms with Crippen LogP contribution < -0.4 is 10.3 Å². The second kappa shape index (κ2) is 6.72. The van der Waals surface area contributed by atoms with Crippen molar-refractivity contribution in [3.05, 3.63) is 56.4 Å². The molecule has 0 unspecified atom stereocenters. The molecular weight excluding hydrogens is 328 g/mol. The maximum Gasteiger partial charge on any atom is 0.259 e. The molecule has 0 amide bonds. The lowest BCUT2D eigenvalue weighted by atomic mass is 10.1. The molecule has 7 heteroatoms. The van der Waals surface area contributed by atoms with Crippen LogP contribution in [0.4, 0.5) is 0 Å². The smallest absolute Gasteiger partial charge is 0.259 e. The highest BCUT2D eigenvalue weighted by atomic mass is 32.1. The van der Waals surface area contributed by atoms with E-state index in [1.54, 1.807) is 6.92 Å². The summed E-state index contributed by atoms with van der Waals surface area (Å²) in [5, 5.41) is 19.2. The van der Waals surface area contributed by atoms with Crippen molar-refractivity contribution < 1.29 is 14.9 Å². The summed E-state index contributed by atoms with van der Waals surface area (Å²) in [5.41, 5.74) is 1.21. The Hall–Kier alpha value is -2.22. The second-order valence-electron chi connectivity index (χ2n) is 5.38. The maximum absolute atomic E-state index is 12.4. The Labute approximate surface area is 142 Å². The minimum absolute atomic E-state index is 0.274. The van der Waals surface area contributed by atoms with Gasteiger partial charge in [0.2, 0.25) is 0 Å². The summed E-state index contributed by atoms with van der Waals surface area (Å²) in [6, 6.07) is 7.61. The Morgan fingerprint density at radius 1 is 1.33 bits per heavy atom. The van der Waals surface area contributed by atoms with Gasteiger partial charge in [0.25, 0.3) is 5.56 Å². The quantitative estimate of drug-likeness (QED) is 0.616. The molecule has 0 aliphatic rings. The number of nitrogens with zero attached hydrogens (tertiary/aromatic N) is 1. The third-order valence-electron chi connectivity index (χ3n) is 3.75. The monoisotopic (exact) mass is 346 g/mol. The first kappa shape index (κ1) is 16.6. The van der Waals surface area contributed by atoms with E-state index in [2.05, 4.69) is 9.97 Å². The predicted molar refractivity (Wildman–Crippen MR) is 92.6 cm³/mol. The number of rotatable bonds is 5. The average molecular weight is 346 g/mol. The molecule has 0 bridgehead atoms. The summed E-state index contributed by atoms with van der Waals surface area (Å²) >= 11 is 1.12. The summed E-state index contributed by atoms with van der Waals surface area (Å²) in [6.45, 7) is 4.16. The number of hydrogen-bond donors (Lipinski definition) is 3. The molecular formula is C17H18N2O4S. The zero-order chi connectivity index (χ0) is 17.3. The van der Waals surface area contributed by atoms with Crippen molar-refractivity contribution in [3.63, 3.8) is 0 Å². The molecule has 0 aliphatic carbocycles. The van der Waals surface area contributed by atoms with E-state index in [0.29, 0.717) is 39.5 Å². The third-order valence-corrected chi connectivity index (χ3v) is 4.98. The van der Waals surface area contributed by atoms with Gasteiger partial charge in [0.05, 0.1) is 16.9 Å². The molecule has 6 nitrogen and oxygen atoms in total. The van der Waals surface area contributed by atoms with Gasteiger partial charge in [-0.1, -0.05) is 18.2 Å². The molecule has 126 valence electrons. The van der Waals surface area contributed by atoms with Crippen molar-refractivity contribution in [1.29, 1.82) is 0 Å². The summed E-state index contributed by atoms with van der Waals surface area (Å²) in [5.74, 6) is 1.27. The average Bonchev–Trinajstić information content (AvgIpc) is 2.87. The third kappa shape index (κ3) is 3.06. The van der Waals surface area contributed by atoms with Gasteiger partial charge < -0.3 is 19.9 Å². The molecule has 24 heavy (non-hydrogen) atoms. The van der Waals surface area contributed by atoms with Gasteiger partial charge in [0, 0.05) is 12.0 Å². The zero-order valence-corrected chi connectivity index (χ0v) is 14.2. The second-order valence-corrected chi connectivity index (χ2v) is 6.41. The molecule has 3 rings (SSSR count). The fraction of sp³-hybridized carbons (Fsp3) is 0.294. The number of benzene rings is 1. The van der Waals surface area contributed by atoms with E-state index in [-0.39, 0.29) is 5.56 Å². The predicted octanol–water partition coefficient (Wildman–Crippen LogP) is 2.27. The van der Waals surface area contributed by atoms with Crippen LogP contribution in [0.15, 0.2) is 29.1 Å². The topological polar surface area (TPSA) is 95.4 Å². The molecule has 2 heterocycles. The molecule has 3 aromatic rings. The van der Waals surface area contributed by atoms with E-state index in [1.165, 1.54) is 0 Å². The van der Waals surface area contributed by atoms with Crippen molar-refractivity contribution >= 4 is 21.6 Å². The van der Waals surface area contributed by atoms with Crippen molar-refractivity contribution in [1.82, 2.24) is 9.97 Å². The first-order chi connectivity index (χ1) is 11.5. The summed E-state index contributed by atoms with van der Waals surface area (Å²) < 4.78 is 5.60. The molecule has 1 aromatic carbocycles. The molecule has 0 atom stereocenters. The summed E-state index contributed by atoms with van der Waals surface area (Å²) in [4.78, 5) is 20.5. The number of thiophene rings is 1. The Bertz CT molecular complexity index is 930. The number of aromatic amines is 1. The number of hydrogen-bond acceptors (Lipinski definition) is 6. The highest BCUT2D eigenvalue weighted by Gasteiger charge is 2.18. The van der Waals surface area contributed by atoms with Gasteiger partial charge in [0.1, 0.15) is 16.4 Å². The van der Waals surface area contributed by atoms with E-state index in [1.807, 2.05) is 31.2 Å². The lowest BCUT2D eigenvalue weighted by Gasteiger charge is -2.09. The number of fused-ring (bicyclic) bond motifs is 1. The highest BCUT2D eigenvalue weighted by Crippen LogP contribution is 2.31. The van der Waals surface area contributed by atoms with Gasteiger partial charge in [-0.25, -0.2) is 4.98 Å². The van der Waals surface area contributed by atoms with E-state index in [0.717, 1.165) is 22.6 Å². The van der Waals surface area contributed by atoms with Gasteiger partial charge in [-0.05, 0) is 25.5 Å². The van der Waals surface area contributed by atoms with Crippen LogP contribution >= 0.6 is 11.3 Å². The first-order valence-corrected chi connectivity index (χ1v) is 8.42. The molecule has 0 saturated carbocycles. The van der Waals surface area contributed by atoms with E-state index in [4.69, 9.17) is 4.74 Å². The van der Waals surface area contributed by atoms with Crippen molar-refractivity contribution in [2.24, 2.45) is 0 Å². The van der Waals surface area contributed by atoms with Crippen LogP contribution in [0.2, 0.25) is 0 Å². The molecule has 0 fully saturated rings. The van der Waals surface area contributed by atoms with Crippen molar-refractivity contribution in [2.75, 3.05) is 6.61 Å². The fourth-order valence-corrected chi connectivity index (χ4v) is 3.73. The number of aliphatic hydroxyl groups excluding tert-OH is 1. The van der Waals surface area contributed by atoms with Crippen LogP contribution in [0.25, 0.3) is 10.2 Å². The minimum atomic E-state index is -1.61. The number of aromatic nitrogens is 2. The van der Waals surface area contributed by atoms with Crippen LogP contribution in [-0.2, 0) is 6.42 Å². The van der Waals surface area contributed by atoms with E-state index < -0.39 is 6.29 Å². The van der Waals surface area contributed by atoms with Gasteiger partial charge in [-0.2, -0.15) is 0 Å². The van der Waals surface area contributed by atoms with E-state index in [9.17, 15) is 15.0 Å². The lowest BCUT2D eigenvalue weighted by molar-refractivity contribution is -0.0398. The normalized spacial score (nSPS) is 11.4. The lowest BCUT2D eigenvalue weighted by Crippen LogP contribution is -2.12. The summed E-state index contributed by atoms with van der Waals surface area (Å²) in [6.07, 6.45) is -1.18. The highest BCUT2D eigenvalue weighted by molar-refractivity contribution is 7.18. The van der Waals surface area contributed by atoms with Crippen LogP contribution in [0.3, 0.4) is 0 Å². The Balaban J connectivity index is 2.04. The number of nitrogens with one attached hydrogen (secondary N) is 1. The minimum Gasteiger partial charge on any atom is -0.494 e. The number of ether oxygens (including phenoxy) is 1. The first-order valence-electron chi connectivity index (χ1n) is 7.60. The Morgan fingerprint density at radius 2 is 2.08 bits per heavy atom.